The Hall–Kier alpha value is -3.18. The number of aryl methyl sites for hydroxylation is 1. The van der Waals surface area contributed by atoms with Gasteiger partial charge in [-0.1, -0.05) is 68.2 Å². The number of carbonyl (C=O) groups is 1. The molecule has 1 saturated heterocycles. The lowest BCUT2D eigenvalue weighted by molar-refractivity contribution is -0.118. The van der Waals surface area contributed by atoms with Gasteiger partial charge in [0.1, 0.15) is 22.8 Å². The zero-order valence-corrected chi connectivity index (χ0v) is 24.4. The maximum absolute atomic E-state index is 15.8. The van der Waals surface area contributed by atoms with Crippen molar-refractivity contribution < 1.29 is 18.3 Å². The van der Waals surface area contributed by atoms with Gasteiger partial charge in [-0.05, 0) is 60.2 Å². The summed E-state index contributed by atoms with van der Waals surface area (Å²) in [7, 11) is 1.49. The van der Waals surface area contributed by atoms with Crippen LogP contribution in [0.25, 0.3) is 0 Å². The molecule has 0 aliphatic carbocycles. The highest BCUT2D eigenvalue weighted by Crippen LogP contribution is 2.53. The highest BCUT2D eigenvalue weighted by atomic mass is 35.5. The summed E-state index contributed by atoms with van der Waals surface area (Å²) in [5.41, 5.74) is -0.653. The number of hydrogen-bond donors (Lipinski definition) is 2. The Balaban J connectivity index is 1.96. The number of anilines is 1. The number of carbonyl (C=O) groups excluding carboxylic acids is 1. The molecule has 0 bridgehead atoms. The first-order chi connectivity index (χ1) is 18.8. The van der Waals surface area contributed by atoms with E-state index in [1.807, 2.05) is 33.8 Å². The van der Waals surface area contributed by atoms with Crippen molar-refractivity contribution in [2.45, 2.75) is 57.5 Å². The Labute approximate surface area is 243 Å². The van der Waals surface area contributed by atoms with Crippen LogP contribution in [-0.4, -0.2) is 25.1 Å². The molecule has 2 N–H and O–H groups in total. The second-order valence-corrected chi connectivity index (χ2v) is 12.2. The number of nitriles is 1. The first-order valence-electron chi connectivity index (χ1n) is 12.8. The molecular formula is C31H31Cl2F2N3O2. The average Bonchev–Trinajstić information content (AvgIpc) is 3.19. The SMILES string of the molecule is COc1cc(C)ccc1NC(=O)[C@@H]1N[C@H](CC(C)(C)C)[C@](C#N)(c2ccc(Cl)cc2F)[C@H]1c1cccc(Cl)c1F. The van der Waals surface area contributed by atoms with E-state index in [4.69, 9.17) is 27.9 Å². The molecule has 4 atom stereocenters. The van der Waals surface area contributed by atoms with E-state index < -0.39 is 41.0 Å². The molecule has 1 aliphatic rings. The first kappa shape index (κ1) is 29.8. The van der Waals surface area contributed by atoms with E-state index in [0.29, 0.717) is 17.9 Å². The fourth-order valence-electron chi connectivity index (χ4n) is 5.67. The Bertz CT molecular complexity index is 1480. The van der Waals surface area contributed by atoms with Crippen LogP contribution in [-0.2, 0) is 10.2 Å². The maximum atomic E-state index is 15.8. The largest absolute Gasteiger partial charge is 0.495 e. The number of amides is 1. The molecule has 40 heavy (non-hydrogen) atoms. The zero-order chi connectivity index (χ0) is 29.4. The Morgan fingerprint density at radius 3 is 2.50 bits per heavy atom. The molecule has 0 aromatic heterocycles. The minimum Gasteiger partial charge on any atom is -0.495 e. The van der Waals surface area contributed by atoms with Crippen molar-refractivity contribution in [3.05, 3.63) is 93.0 Å². The van der Waals surface area contributed by atoms with Crippen molar-refractivity contribution in [3.63, 3.8) is 0 Å². The molecule has 1 fully saturated rings. The van der Waals surface area contributed by atoms with Gasteiger partial charge in [0, 0.05) is 22.5 Å². The van der Waals surface area contributed by atoms with E-state index in [2.05, 4.69) is 16.7 Å². The second-order valence-electron chi connectivity index (χ2n) is 11.4. The van der Waals surface area contributed by atoms with Gasteiger partial charge in [-0.3, -0.25) is 4.79 Å². The van der Waals surface area contributed by atoms with Gasteiger partial charge in [-0.15, -0.1) is 0 Å². The zero-order valence-electron chi connectivity index (χ0n) is 22.9. The summed E-state index contributed by atoms with van der Waals surface area (Å²) in [5, 5.41) is 17.1. The molecule has 0 saturated carbocycles. The molecule has 210 valence electrons. The van der Waals surface area contributed by atoms with Gasteiger partial charge in [0.05, 0.1) is 29.9 Å². The molecule has 3 aromatic rings. The maximum Gasteiger partial charge on any atom is 0.242 e. The van der Waals surface area contributed by atoms with Crippen molar-refractivity contribution in [3.8, 4) is 11.8 Å². The number of halogens is 4. The number of ether oxygens (including phenoxy) is 1. The van der Waals surface area contributed by atoms with Crippen LogP contribution in [0.2, 0.25) is 10.0 Å². The topological polar surface area (TPSA) is 74.2 Å². The van der Waals surface area contributed by atoms with Crippen LogP contribution in [0.3, 0.4) is 0 Å². The predicted octanol–water partition coefficient (Wildman–Crippen LogP) is 7.55. The molecule has 1 aliphatic heterocycles. The van der Waals surface area contributed by atoms with E-state index in [1.165, 1.54) is 31.4 Å². The Kier molecular flexibility index (Phi) is 8.46. The highest BCUT2D eigenvalue weighted by molar-refractivity contribution is 6.31. The van der Waals surface area contributed by atoms with Crippen molar-refractivity contribution in [1.82, 2.24) is 5.32 Å². The van der Waals surface area contributed by atoms with E-state index in [9.17, 15) is 10.1 Å². The van der Waals surface area contributed by atoms with Crippen molar-refractivity contribution in [2.75, 3.05) is 12.4 Å². The third-order valence-corrected chi connectivity index (χ3v) is 7.87. The average molecular weight is 587 g/mol. The van der Waals surface area contributed by atoms with E-state index >= 15 is 8.78 Å². The minimum atomic E-state index is -1.70. The Morgan fingerprint density at radius 2 is 1.88 bits per heavy atom. The highest BCUT2D eigenvalue weighted by Gasteiger charge is 2.61. The van der Waals surface area contributed by atoms with Crippen LogP contribution in [0.5, 0.6) is 5.75 Å². The van der Waals surface area contributed by atoms with Crippen LogP contribution in [0, 0.1) is 35.3 Å². The van der Waals surface area contributed by atoms with Crippen LogP contribution in [0.15, 0.2) is 54.6 Å². The summed E-state index contributed by atoms with van der Waals surface area (Å²) in [4.78, 5) is 14.0. The fourth-order valence-corrected chi connectivity index (χ4v) is 6.01. The van der Waals surface area contributed by atoms with Crippen LogP contribution in [0.1, 0.15) is 49.8 Å². The van der Waals surface area contributed by atoms with E-state index in [1.54, 1.807) is 18.2 Å². The molecule has 0 radical (unpaired) electrons. The number of methoxy groups -OCH3 is 1. The normalized spacial score (nSPS) is 22.6. The Morgan fingerprint density at radius 1 is 1.15 bits per heavy atom. The van der Waals surface area contributed by atoms with Crippen LogP contribution < -0.4 is 15.4 Å². The summed E-state index contributed by atoms with van der Waals surface area (Å²) in [6, 6.07) is 14.2. The number of rotatable bonds is 6. The lowest BCUT2D eigenvalue weighted by Gasteiger charge is -2.37. The van der Waals surface area contributed by atoms with Gasteiger partial charge < -0.3 is 15.4 Å². The van der Waals surface area contributed by atoms with Gasteiger partial charge >= 0.3 is 0 Å². The predicted molar refractivity (Wildman–Crippen MR) is 154 cm³/mol. The van der Waals surface area contributed by atoms with E-state index in [-0.39, 0.29) is 26.6 Å². The van der Waals surface area contributed by atoms with Gasteiger partial charge in [0.25, 0.3) is 0 Å². The number of benzene rings is 3. The summed E-state index contributed by atoms with van der Waals surface area (Å²) >= 11 is 12.3. The molecule has 0 spiro atoms. The molecule has 1 heterocycles. The molecule has 5 nitrogen and oxygen atoms in total. The monoisotopic (exact) mass is 585 g/mol. The first-order valence-corrected chi connectivity index (χ1v) is 13.6. The van der Waals surface area contributed by atoms with Gasteiger partial charge in [0.2, 0.25) is 5.91 Å². The van der Waals surface area contributed by atoms with Gasteiger partial charge in [0.15, 0.2) is 0 Å². The minimum absolute atomic E-state index is 0.0220. The quantitative estimate of drug-likeness (QED) is 0.313. The van der Waals surface area contributed by atoms with Gasteiger partial charge in [-0.2, -0.15) is 5.26 Å². The lowest BCUT2D eigenvalue weighted by Crippen LogP contribution is -2.45. The van der Waals surface area contributed by atoms with Gasteiger partial charge in [-0.25, -0.2) is 8.78 Å². The molecule has 3 aromatic carbocycles. The molecule has 9 heteroatoms. The summed E-state index contributed by atoms with van der Waals surface area (Å²) in [6.07, 6.45) is 0.374. The molecule has 4 rings (SSSR count). The standard InChI is InChI=1S/C31H31Cl2F2N3O2/c1-17-9-12-23(24(13-17)40-5)37-29(39)28-26(19-7-6-8-21(33)27(19)35)31(16-36,25(38-28)15-30(2,3)4)20-11-10-18(32)14-22(20)34/h6-14,25-26,28,38H,15H2,1-5H3,(H,37,39)/t25-,26+,28-,31+/m1/s1. The third-order valence-electron chi connectivity index (χ3n) is 7.35. The van der Waals surface area contributed by atoms with Crippen molar-refractivity contribution >= 4 is 34.8 Å². The number of nitrogens with zero attached hydrogens (tertiary/aromatic N) is 1. The van der Waals surface area contributed by atoms with Crippen LogP contribution >= 0.6 is 23.2 Å². The van der Waals surface area contributed by atoms with Crippen molar-refractivity contribution in [2.24, 2.45) is 5.41 Å². The molecular weight excluding hydrogens is 555 g/mol. The summed E-state index contributed by atoms with van der Waals surface area (Å²) in [5.74, 6) is -2.73. The second kappa shape index (κ2) is 11.4. The lowest BCUT2D eigenvalue weighted by atomic mass is 9.62. The summed E-state index contributed by atoms with van der Waals surface area (Å²) < 4.78 is 36.9. The molecule has 1 amide bonds. The fraction of sp³-hybridized carbons (Fsp3) is 0.355. The summed E-state index contributed by atoms with van der Waals surface area (Å²) in [6.45, 7) is 7.83. The number of nitrogens with one attached hydrogen (secondary N) is 2. The third kappa shape index (κ3) is 5.54. The van der Waals surface area contributed by atoms with E-state index in [0.717, 1.165) is 11.6 Å². The molecule has 0 unspecified atom stereocenters. The smallest absolute Gasteiger partial charge is 0.242 e. The number of hydrogen-bond acceptors (Lipinski definition) is 4. The van der Waals surface area contributed by atoms with Crippen molar-refractivity contribution in [1.29, 1.82) is 5.26 Å². The van der Waals surface area contributed by atoms with Crippen LogP contribution in [0.4, 0.5) is 14.5 Å².